The van der Waals surface area contributed by atoms with E-state index in [0.29, 0.717) is 13.0 Å². The second kappa shape index (κ2) is 5.07. The minimum Gasteiger partial charge on any atom is -0.347 e. The molecule has 1 amide bonds. The van der Waals surface area contributed by atoms with Crippen LogP contribution in [-0.2, 0) is 4.79 Å². The molecule has 1 heterocycles. The number of hydrogen-bond acceptors (Lipinski definition) is 4. The van der Waals surface area contributed by atoms with Crippen molar-refractivity contribution >= 4 is 17.2 Å². The number of aromatic nitrogens is 1. The molecule has 0 fully saturated rings. The zero-order valence-electron chi connectivity index (χ0n) is 8.41. The Morgan fingerprint density at radius 3 is 3.00 bits per heavy atom. The average Bonchev–Trinajstić information content (AvgIpc) is 2.52. The molecule has 78 valence electrons. The van der Waals surface area contributed by atoms with E-state index < -0.39 is 0 Å². The Labute approximate surface area is 87.5 Å². The lowest BCUT2D eigenvalue weighted by atomic mass is 10.3. The Hall–Kier alpha value is -0.940. The number of rotatable bonds is 4. The molecule has 0 aliphatic heterocycles. The molecule has 0 aliphatic rings. The Bertz CT molecular complexity index is 311. The predicted octanol–water partition coefficient (Wildman–Crippen LogP) is 0.978. The molecule has 3 N–H and O–H groups in total. The smallest absolute Gasteiger partial charge is 0.221 e. The second-order valence-corrected chi connectivity index (χ2v) is 4.04. The second-order valence-electron chi connectivity index (χ2n) is 3.16. The van der Waals surface area contributed by atoms with Crippen molar-refractivity contribution in [1.82, 2.24) is 10.3 Å². The van der Waals surface area contributed by atoms with Crippen LogP contribution in [0.5, 0.6) is 0 Å². The summed E-state index contributed by atoms with van der Waals surface area (Å²) < 4.78 is 0. The largest absolute Gasteiger partial charge is 0.347 e. The van der Waals surface area contributed by atoms with E-state index in [1.54, 1.807) is 11.3 Å². The van der Waals surface area contributed by atoms with E-state index >= 15 is 0 Å². The van der Waals surface area contributed by atoms with Gasteiger partial charge in [0.1, 0.15) is 5.01 Å². The van der Waals surface area contributed by atoms with Crippen molar-refractivity contribution in [2.45, 2.75) is 26.3 Å². The summed E-state index contributed by atoms with van der Waals surface area (Å²) in [7, 11) is 0. The first-order chi connectivity index (χ1) is 6.63. The van der Waals surface area contributed by atoms with E-state index in [4.69, 9.17) is 5.73 Å². The summed E-state index contributed by atoms with van der Waals surface area (Å²) in [6.45, 7) is 4.25. The molecule has 4 nitrogen and oxygen atoms in total. The van der Waals surface area contributed by atoms with E-state index in [0.717, 1.165) is 10.7 Å². The number of nitrogens with one attached hydrogen (secondary N) is 1. The molecule has 1 atom stereocenters. The van der Waals surface area contributed by atoms with Crippen molar-refractivity contribution in [3.63, 3.8) is 0 Å². The van der Waals surface area contributed by atoms with E-state index in [9.17, 15) is 4.79 Å². The van der Waals surface area contributed by atoms with Crippen LogP contribution in [0, 0.1) is 6.92 Å². The van der Waals surface area contributed by atoms with E-state index in [1.165, 1.54) is 0 Å². The SMILES string of the molecule is Cc1csc(C(C)NC(=O)CCN)n1. The first-order valence-electron chi connectivity index (χ1n) is 4.55. The molecule has 0 aliphatic carbocycles. The number of aryl methyl sites for hydroxylation is 1. The molecule has 1 unspecified atom stereocenters. The van der Waals surface area contributed by atoms with Gasteiger partial charge in [0.05, 0.1) is 6.04 Å². The fourth-order valence-corrected chi connectivity index (χ4v) is 1.88. The van der Waals surface area contributed by atoms with Crippen LogP contribution in [0.1, 0.15) is 30.1 Å². The summed E-state index contributed by atoms with van der Waals surface area (Å²) in [5.74, 6) is -0.0205. The molecule has 1 aromatic heterocycles. The van der Waals surface area contributed by atoms with Gasteiger partial charge in [0.2, 0.25) is 5.91 Å². The lowest BCUT2D eigenvalue weighted by Crippen LogP contribution is -2.28. The highest BCUT2D eigenvalue weighted by atomic mass is 32.1. The first kappa shape index (κ1) is 11.1. The Kier molecular flexibility index (Phi) is 4.03. The van der Waals surface area contributed by atoms with Gasteiger partial charge in [-0.2, -0.15) is 0 Å². The van der Waals surface area contributed by atoms with Crippen LogP contribution < -0.4 is 11.1 Å². The average molecular weight is 213 g/mol. The Morgan fingerprint density at radius 2 is 2.50 bits per heavy atom. The van der Waals surface area contributed by atoms with Crippen molar-refractivity contribution < 1.29 is 4.79 Å². The van der Waals surface area contributed by atoms with Crippen LogP contribution in [0.25, 0.3) is 0 Å². The zero-order valence-corrected chi connectivity index (χ0v) is 9.23. The molecule has 0 aromatic carbocycles. The number of nitrogens with two attached hydrogens (primary N) is 1. The monoisotopic (exact) mass is 213 g/mol. The number of amides is 1. The van der Waals surface area contributed by atoms with Crippen molar-refractivity contribution in [3.05, 3.63) is 16.1 Å². The van der Waals surface area contributed by atoms with Gasteiger partial charge in [-0.15, -0.1) is 11.3 Å². The maximum absolute atomic E-state index is 11.2. The number of carbonyl (C=O) groups is 1. The van der Waals surface area contributed by atoms with E-state index in [-0.39, 0.29) is 11.9 Å². The van der Waals surface area contributed by atoms with Gasteiger partial charge in [0, 0.05) is 24.0 Å². The number of nitrogens with zero attached hydrogens (tertiary/aromatic N) is 1. The molecule has 1 rings (SSSR count). The van der Waals surface area contributed by atoms with E-state index in [2.05, 4.69) is 10.3 Å². The van der Waals surface area contributed by atoms with Gasteiger partial charge in [-0.1, -0.05) is 0 Å². The van der Waals surface area contributed by atoms with Gasteiger partial charge in [-0.25, -0.2) is 4.98 Å². The van der Waals surface area contributed by atoms with Gasteiger partial charge < -0.3 is 11.1 Å². The van der Waals surface area contributed by atoms with E-state index in [1.807, 2.05) is 19.2 Å². The normalized spacial score (nSPS) is 12.5. The van der Waals surface area contributed by atoms with Gasteiger partial charge in [-0.3, -0.25) is 4.79 Å². The third kappa shape index (κ3) is 3.08. The lowest BCUT2D eigenvalue weighted by molar-refractivity contribution is -0.121. The summed E-state index contributed by atoms with van der Waals surface area (Å²) in [5.41, 5.74) is 6.26. The van der Waals surface area contributed by atoms with Crippen LogP contribution in [0.2, 0.25) is 0 Å². The number of thiazole rings is 1. The molecule has 0 saturated heterocycles. The standard InChI is InChI=1S/C9H15N3OS/c1-6-5-14-9(11-6)7(2)12-8(13)3-4-10/h5,7H,3-4,10H2,1-2H3,(H,12,13). The molecule has 0 saturated carbocycles. The molecule has 5 heteroatoms. The van der Waals surface area contributed by atoms with Gasteiger partial charge in [-0.05, 0) is 13.8 Å². The highest BCUT2D eigenvalue weighted by Gasteiger charge is 2.11. The molecular weight excluding hydrogens is 198 g/mol. The highest BCUT2D eigenvalue weighted by Crippen LogP contribution is 2.17. The number of hydrogen-bond donors (Lipinski definition) is 2. The third-order valence-corrected chi connectivity index (χ3v) is 2.90. The van der Waals surface area contributed by atoms with Crippen molar-refractivity contribution in [2.24, 2.45) is 5.73 Å². The molecule has 14 heavy (non-hydrogen) atoms. The summed E-state index contributed by atoms with van der Waals surface area (Å²) in [5, 5.41) is 5.75. The molecule has 1 aromatic rings. The maximum atomic E-state index is 11.2. The van der Waals surface area contributed by atoms with Gasteiger partial charge in [0.15, 0.2) is 0 Å². The third-order valence-electron chi connectivity index (χ3n) is 1.76. The number of carbonyl (C=O) groups excluding carboxylic acids is 1. The topological polar surface area (TPSA) is 68.0 Å². The van der Waals surface area contributed by atoms with Crippen LogP contribution in [0.15, 0.2) is 5.38 Å². The van der Waals surface area contributed by atoms with Crippen molar-refractivity contribution in [1.29, 1.82) is 0 Å². The molecule has 0 spiro atoms. The fourth-order valence-electron chi connectivity index (χ4n) is 1.08. The Balaban J connectivity index is 2.50. The van der Waals surface area contributed by atoms with Crippen molar-refractivity contribution in [3.8, 4) is 0 Å². The van der Waals surface area contributed by atoms with Gasteiger partial charge in [0.25, 0.3) is 0 Å². The van der Waals surface area contributed by atoms with Crippen LogP contribution >= 0.6 is 11.3 Å². The predicted molar refractivity (Wildman–Crippen MR) is 57.1 cm³/mol. The fraction of sp³-hybridized carbons (Fsp3) is 0.556. The molecule has 0 radical (unpaired) electrons. The molecular formula is C9H15N3OS. The van der Waals surface area contributed by atoms with Crippen molar-refractivity contribution in [2.75, 3.05) is 6.54 Å². The maximum Gasteiger partial charge on any atom is 0.221 e. The summed E-state index contributed by atoms with van der Waals surface area (Å²) in [6.07, 6.45) is 0.370. The summed E-state index contributed by atoms with van der Waals surface area (Å²) in [6, 6.07) is -0.0206. The van der Waals surface area contributed by atoms with Gasteiger partial charge >= 0.3 is 0 Å². The lowest BCUT2D eigenvalue weighted by Gasteiger charge is -2.10. The Morgan fingerprint density at radius 1 is 1.79 bits per heavy atom. The zero-order chi connectivity index (χ0) is 10.6. The summed E-state index contributed by atoms with van der Waals surface area (Å²) >= 11 is 1.56. The quantitative estimate of drug-likeness (QED) is 0.783. The molecule has 0 bridgehead atoms. The summed E-state index contributed by atoms with van der Waals surface area (Å²) in [4.78, 5) is 15.5. The first-order valence-corrected chi connectivity index (χ1v) is 5.43. The highest BCUT2D eigenvalue weighted by molar-refractivity contribution is 7.09. The van der Waals surface area contributed by atoms with Crippen LogP contribution in [0.4, 0.5) is 0 Å². The minimum absolute atomic E-state index is 0.0205. The van der Waals surface area contributed by atoms with Crippen LogP contribution in [0.3, 0.4) is 0 Å². The minimum atomic E-state index is -0.0206. The van der Waals surface area contributed by atoms with Crippen LogP contribution in [-0.4, -0.2) is 17.4 Å².